The molecule has 0 saturated carbocycles. The molecular formula is C10H14ClN3. The molecule has 0 aliphatic heterocycles. The van der Waals surface area contributed by atoms with Crippen LogP contribution in [0.4, 0.5) is 5.69 Å². The summed E-state index contributed by atoms with van der Waals surface area (Å²) in [4.78, 5) is 0. The van der Waals surface area contributed by atoms with Crippen LogP contribution in [0, 0.1) is 5.41 Å². The molecule has 0 aliphatic rings. The molecule has 4 heteroatoms. The number of anilines is 1. The number of nitrogens with one attached hydrogen (secondary N) is 2. The Morgan fingerprint density at radius 2 is 2.14 bits per heavy atom. The van der Waals surface area contributed by atoms with Gasteiger partial charge >= 0.3 is 0 Å². The largest absolute Gasteiger partial charge is 0.384 e. The predicted octanol–water partition coefficient (Wildman–Crippen LogP) is 2.44. The number of amidine groups is 1. The van der Waals surface area contributed by atoms with Crippen LogP contribution >= 0.6 is 11.6 Å². The lowest BCUT2D eigenvalue weighted by molar-refractivity contribution is 0.899. The molecule has 0 aromatic heterocycles. The number of nitrogens with two attached hydrogens (primary N) is 1. The summed E-state index contributed by atoms with van der Waals surface area (Å²) in [6, 6.07) is 5.60. The molecule has 0 unspecified atom stereocenters. The summed E-state index contributed by atoms with van der Waals surface area (Å²) in [5, 5.41) is 11.2. The van der Waals surface area contributed by atoms with E-state index in [1.54, 1.807) is 12.1 Å². The topological polar surface area (TPSA) is 61.9 Å². The van der Waals surface area contributed by atoms with Gasteiger partial charge in [0.05, 0.1) is 0 Å². The van der Waals surface area contributed by atoms with Gasteiger partial charge < -0.3 is 11.1 Å². The maximum absolute atomic E-state index is 7.40. The van der Waals surface area contributed by atoms with Crippen molar-refractivity contribution >= 4 is 23.1 Å². The summed E-state index contributed by atoms with van der Waals surface area (Å²) in [6.45, 7) is 4.05. The SMILES string of the molecule is CC(C)Nc1ccc(Cl)cc1C(=N)N. The maximum atomic E-state index is 7.40. The zero-order chi connectivity index (χ0) is 10.7. The molecule has 4 N–H and O–H groups in total. The van der Waals surface area contributed by atoms with Crippen LogP contribution in [0.2, 0.25) is 5.02 Å². The van der Waals surface area contributed by atoms with E-state index in [9.17, 15) is 0 Å². The van der Waals surface area contributed by atoms with E-state index in [4.69, 9.17) is 22.7 Å². The van der Waals surface area contributed by atoms with Crippen molar-refractivity contribution in [1.82, 2.24) is 0 Å². The predicted molar refractivity (Wildman–Crippen MR) is 61.2 cm³/mol. The van der Waals surface area contributed by atoms with Crippen molar-refractivity contribution in [2.45, 2.75) is 19.9 Å². The average molecular weight is 212 g/mol. The van der Waals surface area contributed by atoms with E-state index in [1.165, 1.54) is 0 Å². The van der Waals surface area contributed by atoms with E-state index in [1.807, 2.05) is 19.9 Å². The number of halogens is 1. The van der Waals surface area contributed by atoms with Gasteiger partial charge in [0.25, 0.3) is 0 Å². The second kappa shape index (κ2) is 4.33. The van der Waals surface area contributed by atoms with Crippen LogP contribution in [0.1, 0.15) is 19.4 Å². The third-order valence-corrected chi connectivity index (χ3v) is 1.95. The van der Waals surface area contributed by atoms with E-state index < -0.39 is 0 Å². The number of nitrogen functional groups attached to an aromatic ring is 1. The first-order chi connectivity index (χ1) is 6.50. The van der Waals surface area contributed by atoms with E-state index in [2.05, 4.69) is 5.32 Å². The van der Waals surface area contributed by atoms with Gasteiger partial charge in [-0.15, -0.1) is 0 Å². The monoisotopic (exact) mass is 211 g/mol. The third-order valence-electron chi connectivity index (χ3n) is 1.72. The first kappa shape index (κ1) is 10.9. The molecule has 0 amide bonds. The molecule has 0 aliphatic carbocycles. The van der Waals surface area contributed by atoms with Crippen LogP contribution in [-0.2, 0) is 0 Å². The Kier molecular flexibility index (Phi) is 3.36. The van der Waals surface area contributed by atoms with Gasteiger partial charge in [-0.05, 0) is 32.0 Å². The van der Waals surface area contributed by atoms with Gasteiger partial charge in [-0.1, -0.05) is 11.6 Å². The molecule has 0 radical (unpaired) electrons. The normalized spacial score (nSPS) is 10.3. The molecule has 1 aromatic rings. The molecule has 76 valence electrons. The first-order valence-electron chi connectivity index (χ1n) is 4.41. The van der Waals surface area contributed by atoms with Crippen LogP contribution in [0.5, 0.6) is 0 Å². The molecule has 0 atom stereocenters. The highest BCUT2D eigenvalue weighted by Crippen LogP contribution is 2.20. The highest BCUT2D eigenvalue weighted by Gasteiger charge is 2.06. The van der Waals surface area contributed by atoms with E-state index in [-0.39, 0.29) is 5.84 Å². The quantitative estimate of drug-likeness (QED) is 0.531. The minimum atomic E-state index is 0.0238. The van der Waals surface area contributed by atoms with Gasteiger partial charge in [0.2, 0.25) is 0 Å². The average Bonchev–Trinajstić information content (AvgIpc) is 2.07. The van der Waals surface area contributed by atoms with Crippen LogP contribution in [0.25, 0.3) is 0 Å². The van der Waals surface area contributed by atoms with Crippen LogP contribution in [-0.4, -0.2) is 11.9 Å². The number of benzene rings is 1. The van der Waals surface area contributed by atoms with Crippen molar-refractivity contribution in [3.63, 3.8) is 0 Å². The summed E-state index contributed by atoms with van der Waals surface area (Å²) in [7, 11) is 0. The number of hydrogen-bond acceptors (Lipinski definition) is 2. The minimum absolute atomic E-state index is 0.0238. The summed E-state index contributed by atoms with van der Waals surface area (Å²) in [5.41, 5.74) is 6.93. The van der Waals surface area contributed by atoms with Gasteiger partial charge in [0.1, 0.15) is 5.84 Å². The lowest BCUT2D eigenvalue weighted by atomic mass is 10.1. The van der Waals surface area contributed by atoms with Gasteiger partial charge in [0.15, 0.2) is 0 Å². The lowest BCUT2D eigenvalue weighted by Gasteiger charge is -2.14. The van der Waals surface area contributed by atoms with Crippen molar-refractivity contribution in [2.24, 2.45) is 5.73 Å². The van der Waals surface area contributed by atoms with Gasteiger partial charge in [0, 0.05) is 22.3 Å². The minimum Gasteiger partial charge on any atom is -0.384 e. The fraction of sp³-hybridized carbons (Fsp3) is 0.300. The molecule has 1 aromatic carbocycles. The van der Waals surface area contributed by atoms with Gasteiger partial charge in [-0.3, -0.25) is 5.41 Å². The molecule has 3 nitrogen and oxygen atoms in total. The van der Waals surface area contributed by atoms with Crippen molar-refractivity contribution in [2.75, 3.05) is 5.32 Å². The maximum Gasteiger partial charge on any atom is 0.124 e. The summed E-state index contributed by atoms with van der Waals surface area (Å²) in [5.74, 6) is 0.0238. The van der Waals surface area contributed by atoms with Crippen molar-refractivity contribution in [1.29, 1.82) is 5.41 Å². The van der Waals surface area contributed by atoms with E-state index in [0.717, 1.165) is 5.69 Å². The summed E-state index contributed by atoms with van der Waals surface area (Å²) >= 11 is 5.82. The fourth-order valence-electron chi connectivity index (χ4n) is 1.18. The van der Waals surface area contributed by atoms with Crippen LogP contribution in [0.15, 0.2) is 18.2 Å². The van der Waals surface area contributed by atoms with E-state index in [0.29, 0.717) is 16.6 Å². The van der Waals surface area contributed by atoms with Crippen molar-refractivity contribution in [3.8, 4) is 0 Å². The molecule has 0 heterocycles. The second-order valence-electron chi connectivity index (χ2n) is 3.40. The van der Waals surface area contributed by atoms with Crippen LogP contribution in [0.3, 0.4) is 0 Å². The Balaban J connectivity index is 3.08. The molecule has 14 heavy (non-hydrogen) atoms. The Labute approximate surface area is 88.8 Å². The zero-order valence-corrected chi connectivity index (χ0v) is 9.02. The molecule has 0 spiro atoms. The third kappa shape index (κ3) is 2.64. The Morgan fingerprint density at radius 1 is 1.50 bits per heavy atom. The highest BCUT2D eigenvalue weighted by atomic mass is 35.5. The molecule has 1 rings (SSSR count). The summed E-state index contributed by atoms with van der Waals surface area (Å²) < 4.78 is 0. The molecule has 0 bridgehead atoms. The fourth-order valence-corrected chi connectivity index (χ4v) is 1.35. The molecule has 0 saturated heterocycles. The van der Waals surface area contributed by atoms with Crippen LogP contribution < -0.4 is 11.1 Å². The molecular weight excluding hydrogens is 198 g/mol. The number of rotatable bonds is 3. The Hall–Kier alpha value is -1.22. The van der Waals surface area contributed by atoms with Gasteiger partial charge in [-0.25, -0.2) is 0 Å². The standard InChI is InChI=1S/C10H14ClN3/c1-6(2)14-9-4-3-7(11)5-8(9)10(12)13/h3-6,14H,1-2H3,(H3,12,13). The summed E-state index contributed by atoms with van der Waals surface area (Å²) in [6.07, 6.45) is 0. The first-order valence-corrected chi connectivity index (χ1v) is 4.79. The second-order valence-corrected chi connectivity index (χ2v) is 3.84. The Bertz CT molecular complexity index is 347. The van der Waals surface area contributed by atoms with E-state index >= 15 is 0 Å². The van der Waals surface area contributed by atoms with Gasteiger partial charge in [-0.2, -0.15) is 0 Å². The lowest BCUT2D eigenvalue weighted by Crippen LogP contribution is -2.17. The molecule has 0 fully saturated rings. The Morgan fingerprint density at radius 3 is 2.64 bits per heavy atom. The zero-order valence-electron chi connectivity index (χ0n) is 8.26. The number of hydrogen-bond donors (Lipinski definition) is 3. The highest BCUT2D eigenvalue weighted by molar-refractivity contribution is 6.31. The van der Waals surface area contributed by atoms with Crippen molar-refractivity contribution in [3.05, 3.63) is 28.8 Å². The van der Waals surface area contributed by atoms with Crippen molar-refractivity contribution < 1.29 is 0 Å². The smallest absolute Gasteiger partial charge is 0.124 e.